The van der Waals surface area contributed by atoms with E-state index in [1.807, 2.05) is 45.0 Å². The monoisotopic (exact) mass is 360 g/mol. The third-order valence-corrected chi connectivity index (χ3v) is 4.50. The molecule has 0 aliphatic heterocycles. The first-order chi connectivity index (χ1) is 12.9. The minimum atomic E-state index is -0.166. The van der Waals surface area contributed by atoms with Crippen LogP contribution in [0, 0.1) is 6.92 Å². The van der Waals surface area contributed by atoms with Crippen LogP contribution in [0.4, 0.5) is 0 Å². The average molecular weight is 360 g/mol. The Labute approximate surface area is 155 Å². The predicted octanol–water partition coefficient (Wildman–Crippen LogP) is 3.31. The van der Waals surface area contributed by atoms with Crippen molar-refractivity contribution in [3.63, 3.8) is 0 Å². The molecular formula is C21H20N4O2. The molecule has 136 valence electrons. The number of aryl methyl sites for hydroxylation is 1. The number of hydrogen-bond acceptors (Lipinski definition) is 3. The first kappa shape index (κ1) is 17.0. The largest absolute Gasteiger partial charge is 0.350 e. The number of carbonyl (C=O) groups excluding carboxylic acids is 1. The van der Waals surface area contributed by atoms with Crippen molar-refractivity contribution in [3.05, 3.63) is 70.1 Å². The lowest BCUT2D eigenvalue weighted by Crippen LogP contribution is -2.29. The Morgan fingerprint density at radius 3 is 2.56 bits per heavy atom. The van der Waals surface area contributed by atoms with Crippen LogP contribution in [0.2, 0.25) is 0 Å². The van der Waals surface area contributed by atoms with Crippen LogP contribution in [-0.2, 0) is 0 Å². The zero-order valence-corrected chi connectivity index (χ0v) is 15.4. The molecular weight excluding hydrogens is 340 g/mol. The fourth-order valence-electron chi connectivity index (χ4n) is 3.12. The zero-order valence-electron chi connectivity index (χ0n) is 15.4. The van der Waals surface area contributed by atoms with Crippen LogP contribution in [0.3, 0.4) is 0 Å². The van der Waals surface area contributed by atoms with Crippen molar-refractivity contribution >= 4 is 27.7 Å². The van der Waals surface area contributed by atoms with E-state index in [0.717, 1.165) is 22.2 Å². The second-order valence-electron chi connectivity index (χ2n) is 6.99. The number of aromatic nitrogens is 3. The van der Waals surface area contributed by atoms with Gasteiger partial charge in [-0.25, -0.2) is 4.68 Å². The molecule has 4 aromatic rings. The molecule has 0 fully saturated rings. The molecule has 2 heterocycles. The van der Waals surface area contributed by atoms with Crippen LogP contribution >= 0.6 is 0 Å². The molecule has 0 spiro atoms. The van der Waals surface area contributed by atoms with Gasteiger partial charge in [0.1, 0.15) is 0 Å². The van der Waals surface area contributed by atoms with Crippen molar-refractivity contribution in [3.8, 4) is 5.69 Å². The van der Waals surface area contributed by atoms with Crippen molar-refractivity contribution in [2.24, 2.45) is 0 Å². The van der Waals surface area contributed by atoms with E-state index >= 15 is 0 Å². The summed E-state index contributed by atoms with van der Waals surface area (Å²) in [5, 5.41) is 7.30. The molecule has 6 heteroatoms. The highest BCUT2D eigenvalue weighted by molar-refractivity contribution is 6.06. The van der Waals surface area contributed by atoms with E-state index in [1.54, 1.807) is 24.4 Å². The summed E-state index contributed by atoms with van der Waals surface area (Å²) in [6.45, 7) is 5.83. The van der Waals surface area contributed by atoms with Crippen LogP contribution in [0.15, 0.2) is 53.5 Å². The number of H-pyrrole nitrogens is 1. The van der Waals surface area contributed by atoms with Gasteiger partial charge in [-0.1, -0.05) is 17.7 Å². The highest BCUT2D eigenvalue weighted by Crippen LogP contribution is 2.22. The topological polar surface area (TPSA) is 79.8 Å². The van der Waals surface area contributed by atoms with Gasteiger partial charge in [0.2, 0.25) is 0 Å². The second kappa shape index (κ2) is 6.39. The third kappa shape index (κ3) is 2.99. The van der Waals surface area contributed by atoms with Crippen LogP contribution in [0.1, 0.15) is 29.8 Å². The molecule has 0 bridgehead atoms. The molecule has 2 N–H and O–H groups in total. The summed E-state index contributed by atoms with van der Waals surface area (Å²) >= 11 is 0. The standard InChI is InChI=1S/C21H20N4O2/c1-12(2)23-20(26)14-6-9-18-16(10-14)19-17(11-22-18)21(27)25(24-19)15-7-4-13(3)5-8-15/h4-12,24H,1-3H3,(H,23,26). The lowest BCUT2D eigenvalue weighted by molar-refractivity contribution is 0.0943. The van der Waals surface area contributed by atoms with E-state index in [1.165, 1.54) is 4.68 Å². The number of rotatable bonds is 3. The number of benzene rings is 2. The molecule has 0 radical (unpaired) electrons. The van der Waals surface area contributed by atoms with Crippen LogP contribution in [-0.4, -0.2) is 26.7 Å². The lowest BCUT2D eigenvalue weighted by Gasteiger charge is -2.09. The Hall–Kier alpha value is -3.41. The molecule has 1 amide bonds. The normalized spacial score (nSPS) is 11.4. The molecule has 0 saturated carbocycles. The second-order valence-corrected chi connectivity index (χ2v) is 6.99. The van der Waals surface area contributed by atoms with Gasteiger partial charge in [0.15, 0.2) is 0 Å². The Balaban J connectivity index is 1.92. The first-order valence-corrected chi connectivity index (χ1v) is 8.85. The number of aromatic amines is 1. The summed E-state index contributed by atoms with van der Waals surface area (Å²) in [6.07, 6.45) is 1.58. The minimum Gasteiger partial charge on any atom is -0.350 e. The molecule has 4 rings (SSSR count). The predicted molar refractivity (Wildman–Crippen MR) is 107 cm³/mol. The molecule has 0 atom stereocenters. The highest BCUT2D eigenvalue weighted by Gasteiger charge is 2.14. The maximum atomic E-state index is 12.8. The summed E-state index contributed by atoms with van der Waals surface area (Å²) in [5.41, 5.74) is 3.64. The van der Waals surface area contributed by atoms with Gasteiger partial charge in [-0.3, -0.25) is 19.7 Å². The summed E-state index contributed by atoms with van der Waals surface area (Å²) in [7, 11) is 0. The quantitative estimate of drug-likeness (QED) is 0.588. The van der Waals surface area contributed by atoms with Crippen molar-refractivity contribution in [1.82, 2.24) is 20.1 Å². The molecule has 2 aromatic carbocycles. The highest BCUT2D eigenvalue weighted by atomic mass is 16.1. The number of amides is 1. The van der Waals surface area contributed by atoms with Crippen molar-refractivity contribution in [2.75, 3.05) is 0 Å². The number of nitrogens with one attached hydrogen (secondary N) is 2. The van der Waals surface area contributed by atoms with Crippen molar-refractivity contribution < 1.29 is 4.79 Å². The lowest BCUT2D eigenvalue weighted by atomic mass is 10.1. The number of nitrogens with zero attached hydrogens (tertiary/aromatic N) is 2. The van der Waals surface area contributed by atoms with Gasteiger partial charge < -0.3 is 5.32 Å². The number of hydrogen-bond donors (Lipinski definition) is 2. The van der Waals surface area contributed by atoms with Gasteiger partial charge in [-0.2, -0.15) is 0 Å². The number of carbonyl (C=O) groups is 1. The molecule has 0 saturated heterocycles. The first-order valence-electron chi connectivity index (χ1n) is 8.85. The summed E-state index contributed by atoms with van der Waals surface area (Å²) in [5.74, 6) is -0.149. The van der Waals surface area contributed by atoms with E-state index in [9.17, 15) is 9.59 Å². The molecule has 27 heavy (non-hydrogen) atoms. The Morgan fingerprint density at radius 2 is 1.85 bits per heavy atom. The van der Waals surface area contributed by atoms with Crippen LogP contribution < -0.4 is 10.9 Å². The van der Waals surface area contributed by atoms with E-state index < -0.39 is 0 Å². The van der Waals surface area contributed by atoms with Gasteiger partial charge in [0, 0.05) is 23.2 Å². The van der Waals surface area contributed by atoms with Gasteiger partial charge in [-0.05, 0) is 51.1 Å². The molecule has 0 aliphatic carbocycles. The fraction of sp³-hybridized carbons (Fsp3) is 0.190. The van der Waals surface area contributed by atoms with Gasteiger partial charge in [0.25, 0.3) is 11.5 Å². The fourth-order valence-corrected chi connectivity index (χ4v) is 3.12. The number of pyridine rings is 1. The third-order valence-electron chi connectivity index (χ3n) is 4.50. The van der Waals surface area contributed by atoms with E-state index in [2.05, 4.69) is 15.4 Å². The minimum absolute atomic E-state index is 0.0459. The Bertz CT molecular complexity index is 1220. The maximum absolute atomic E-state index is 12.8. The van der Waals surface area contributed by atoms with Gasteiger partial charge >= 0.3 is 0 Å². The van der Waals surface area contributed by atoms with Crippen molar-refractivity contribution in [1.29, 1.82) is 0 Å². The molecule has 6 nitrogen and oxygen atoms in total. The summed E-state index contributed by atoms with van der Waals surface area (Å²) in [6, 6.07) is 13.1. The van der Waals surface area contributed by atoms with Crippen LogP contribution in [0.25, 0.3) is 27.5 Å². The molecule has 0 aliphatic rings. The Morgan fingerprint density at radius 1 is 1.11 bits per heavy atom. The van der Waals surface area contributed by atoms with Gasteiger partial charge in [0.05, 0.1) is 22.1 Å². The van der Waals surface area contributed by atoms with Crippen LogP contribution in [0.5, 0.6) is 0 Å². The number of fused-ring (bicyclic) bond motifs is 3. The maximum Gasteiger partial charge on any atom is 0.280 e. The SMILES string of the molecule is Cc1ccc(-n2[nH]c3c(cnc4ccc(C(=O)NC(C)C)cc43)c2=O)cc1. The van der Waals surface area contributed by atoms with E-state index in [4.69, 9.17) is 0 Å². The average Bonchev–Trinajstić information content (AvgIpc) is 2.98. The summed E-state index contributed by atoms with van der Waals surface area (Å²) < 4.78 is 1.51. The van der Waals surface area contributed by atoms with E-state index in [-0.39, 0.29) is 17.5 Å². The Kier molecular flexibility index (Phi) is 4.03. The smallest absolute Gasteiger partial charge is 0.280 e. The molecule has 2 aromatic heterocycles. The van der Waals surface area contributed by atoms with Crippen molar-refractivity contribution in [2.45, 2.75) is 26.8 Å². The zero-order chi connectivity index (χ0) is 19.1. The van der Waals surface area contributed by atoms with E-state index in [0.29, 0.717) is 16.5 Å². The summed E-state index contributed by atoms with van der Waals surface area (Å²) in [4.78, 5) is 29.6. The molecule has 0 unspecified atom stereocenters. The van der Waals surface area contributed by atoms with Gasteiger partial charge in [-0.15, -0.1) is 0 Å².